The van der Waals surface area contributed by atoms with E-state index in [9.17, 15) is 4.79 Å². The number of piperazine rings is 1. The number of benzene rings is 1. The highest BCUT2D eigenvalue weighted by Gasteiger charge is 2.34. The fourth-order valence-corrected chi connectivity index (χ4v) is 3.69. The van der Waals surface area contributed by atoms with E-state index in [-0.39, 0.29) is 11.9 Å². The summed E-state index contributed by atoms with van der Waals surface area (Å²) in [7, 11) is 0. The molecular formula is C17H20ClN5O. The van der Waals surface area contributed by atoms with Crippen molar-refractivity contribution in [2.45, 2.75) is 12.5 Å². The average molecular weight is 346 g/mol. The van der Waals surface area contributed by atoms with Gasteiger partial charge in [-0.15, -0.1) is 0 Å². The maximum Gasteiger partial charge on any atom is 0.244 e. The van der Waals surface area contributed by atoms with Crippen molar-refractivity contribution in [2.75, 3.05) is 38.0 Å². The number of amides is 1. The molecule has 0 saturated carbocycles. The quantitative estimate of drug-likeness (QED) is 0.922. The van der Waals surface area contributed by atoms with Gasteiger partial charge < -0.3 is 5.32 Å². The number of aromatic nitrogens is 2. The normalized spacial score (nSPS) is 26.1. The van der Waals surface area contributed by atoms with Crippen LogP contribution in [-0.4, -0.2) is 64.3 Å². The second-order valence-corrected chi connectivity index (χ2v) is 6.70. The Morgan fingerprint density at radius 1 is 1.17 bits per heavy atom. The van der Waals surface area contributed by atoms with Crippen molar-refractivity contribution in [3.8, 4) is 5.69 Å². The zero-order chi connectivity index (χ0) is 16.5. The second kappa shape index (κ2) is 6.55. The lowest BCUT2D eigenvalue weighted by molar-refractivity contribution is -0.122. The first-order valence-electron chi connectivity index (χ1n) is 8.28. The Balaban J connectivity index is 1.48. The van der Waals surface area contributed by atoms with Crippen molar-refractivity contribution in [1.82, 2.24) is 19.6 Å². The molecule has 126 valence electrons. The van der Waals surface area contributed by atoms with Gasteiger partial charge in [0.05, 0.1) is 10.7 Å². The Morgan fingerprint density at radius 3 is 2.92 bits per heavy atom. The number of carbonyl (C=O) groups is 1. The highest BCUT2D eigenvalue weighted by atomic mass is 35.5. The number of nitrogens with zero attached hydrogens (tertiary/aromatic N) is 4. The van der Waals surface area contributed by atoms with Crippen molar-refractivity contribution >= 4 is 23.3 Å². The van der Waals surface area contributed by atoms with E-state index in [0.29, 0.717) is 10.8 Å². The third kappa shape index (κ3) is 3.05. The van der Waals surface area contributed by atoms with Gasteiger partial charge in [0, 0.05) is 38.4 Å². The number of anilines is 1. The molecule has 1 N–H and O–H groups in total. The Morgan fingerprint density at radius 2 is 2.04 bits per heavy atom. The van der Waals surface area contributed by atoms with Crippen LogP contribution in [0.25, 0.3) is 5.69 Å². The van der Waals surface area contributed by atoms with Crippen molar-refractivity contribution in [3.05, 3.63) is 41.6 Å². The molecule has 0 aliphatic carbocycles. The Bertz CT molecular complexity index is 742. The molecule has 6 nitrogen and oxygen atoms in total. The molecule has 0 radical (unpaired) electrons. The van der Waals surface area contributed by atoms with E-state index < -0.39 is 0 Å². The van der Waals surface area contributed by atoms with Crippen molar-refractivity contribution in [3.63, 3.8) is 0 Å². The van der Waals surface area contributed by atoms with Crippen LogP contribution in [0.4, 0.5) is 5.82 Å². The summed E-state index contributed by atoms with van der Waals surface area (Å²) in [4.78, 5) is 17.3. The summed E-state index contributed by atoms with van der Waals surface area (Å²) in [6, 6.07) is 9.21. The molecule has 0 spiro atoms. The molecule has 24 heavy (non-hydrogen) atoms. The van der Waals surface area contributed by atoms with Crippen LogP contribution in [0.5, 0.6) is 0 Å². The van der Waals surface area contributed by atoms with E-state index in [4.69, 9.17) is 11.6 Å². The van der Waals surface area contributed by atoms with Gasteiger partial charge in [0.25, 0.3) is 0 Å². The van der Waals surface area contributed by atoms with Gasteiger partial charge in [-0.25, -0.2) is 4.68 Å². The molecule has 7 heteroatoms. The largest absolute Gasteiger partial charge is 0.308 e. The molecular weight excluding hydrogens is 326 g/mol. The van der Waals surface area contributed by atoms with Crippen LogP contribution in [0.3, 0.4) is 0 Å². The molecule has 2 aromatic rings. The standard InChI is InChI=1S/C17H20ClN5O/c18-13-4-1-2-5-14(13)23-9-6-16(20-23)19-17(24)15-12-21-7-3-8-22(15)11-10-21/h1-2,4-6,9,15H,3,7-8,10-12H2,(H,19,20,24)/t15-/m0/s1. The van der Waals surface area contributed by atoms with Gasteiger partial charge in [-0.1, -0.05) is 23.7 Å². The molecule has 3 saturated heterocycles. The summed E-state index contributed by atoms with van der Waals surface area (Å²) >= 11 is 6.20. The fraction of sp³-hybridized carbons (Fsp3) is 0.412. The van der Waals surface area contributed by atoms with Gasteiger partial charge in [0.2, 0.25) is 5.91 Å². The first-order chi connectivity index (χ1) is 11.7. The molecule has 2 bridgehead atoms. The number of nitrogens with one attached hydrogen (secondary N) is 1. The van der Waals surface area contributed by atoms with Crippen molar-refractivity contribution in [1.29, 1.82) is 0 Å². The molecule has 1 aromatic carbocycles. The van der Waals surface area contributed by atoms with Crippen molar-refractivity contribution < 1.29 is 4.79 Å². The second-order valence-electron chi connectivity index (χ2n) is 6.29. The molecule has 2 unspecified atom stereocenters. The molecule has 5 rings (SSSR count). The topological polar surface area (TPSA) is 53.4 Å². The minimum atomic E-state index is -0.0910. The number of hydrogen-bond acceptors (Lipinski definition) is 4. The Kier molecular flexibility index (Phi) is 4.26. The monoisotopic (exact) mass is 345 g/mol. The van der Waals surface area contributed by atoms with Crippen LogP contribution in [0.2, 0.25) is 5.02 Å². The highest BCUT2D eigenvalue weighted by molar-refractivity contribution is 6.32. The maximum atomic E-state index is 12.7. The predicted octanol–water partition coefficient (Wildman–Crippen LogP) is 1.85. The van der Waals surface area contributed by atoms with Gasteiger partial charge >= 0.3 is 0 Å². The van der Waals surface area contributed by atoms with Gasteiger partial charge in [0.1, 0.15) is 6.04 Å². The maximum absolute atomic E-state index is 12.7. The van der Waals surface area contributed by atoms with E-state index >= 15 is 0 Å². The lowest BCUT2D eigenvalue weighted by atomic mass is 10.1. The zero-order valence-corrected chi connectivity index (χ0v) is 14.1. The summed E-state index contributed by atoms with van der Waals surface area (Å²) in [6.45, 7) is 4.90. The number of carbonyl (C=O) groups excluding carboxylic acids is 1. The molecule has 3 fully saturated rings. The van der Waals surface area contributed by atoms with E-state index in [1.807, 2.05) is 24.3 Å². The smallest absolute Gasteiger partial charge is 0.244 e. The number of hydrogen-bond donors (Lipinski definition) is 1. The molecule has 4 heterocycles. The lowest BCUT2D eigenvalue weighted by Gasteiger charge is -2.36. The van der Waals surface area contributed by atoms with Crippen LogP contribution in [0, 0.1) is 0 Å². The first-order valence-corrected chi connectivity index (χ1v) is 8.66. The summed E-state index contributed by atoms with van der Waals surface area (Å²) < 4.78 is 1.68. The molecule has 1 aromatic heterocycles. The number of para-hydroxylation sites is 1. The van der Waals surface area contributed by atoms with Gasteiger partial charge in [-0.3, -0.25) is 14.6 Å². The molecule has 3 aliphatic rings. The summed E-state index contributed by atoms with van der Waals surface area (Å²) in [5.74, 6) is 0.572. The van der Waals surface area contributed by atoms with E-state index in [1.54, 1.807) is 16.9 Å². The lowest BCUT2D eigenvalue weighted by Crippen LogP contribution is -2.55. The fourth-order valence-electron chi connectivity index (χ4n) is 3.47. The predicted molar refractivity (Wildman–Crippen MR) is 93.6 cm³/mol. The van der Waals surface area contributed by atoms with Crippen LogP contribution >= 0.6 is 11.6 Å². The minimum absolute atomic E-state index is 0.0195. The number of halogens is 1. The third-order valence-electron chi connectivity index (χ3n) is 4.74. The van der Waals surface area contributed by atoms with E-state index in [1.165, 1.54) is 0 Å². The van der Waals surface area contributed by atoms with Crippen LogP contribution in [0.1, 0.15) is 6.42 Å². The summed E-state index contributed by atoms with van der Waals surface area (Å²) in [6.07, 6.45) is 2.94. The number of rotatable bonds is 3. The van der Waals surface area contributed by atoms with Crippen LogP contribution < -0.4 is 5.32 Å². The van der Waals surface area contributed by atoms with E-state index in [2.05, 4.69) is 20.2 Å². The SMILES string of the molecule is O=C(Nc1ccn(-c2ccccc2Cl)n1)[C@@H]1CN2CCCN1CC2. The first kappa shape index (κ1) is 15.6. The van der Waals surface area contributed by atoms with Gasteiger partial charge in [0.15, 0.2) is 5.82 Å². The Labute approximate surface area is 146 Å². The third-order valence-corrected chi connectivity index (χ3v) is 5.06. The summed E-state index contributed by atoms with van der Waals surface area (Å²) in [5, 5.41) is 8.00. The number of fused-ring (bicyclic) bond motifs is 4. The zero-order valence-electron chi connectivity index (χ0n) is 13.4. The van der Waals surface area contributed by atoms with Crippen molar-refractivity contribution in [2.24, 2.45) is 0 Å². The molecule has 3 aliphatic heterocycles. The van der Waals surface area contributed by atoms with Gasteiger partial charge in [-0.05, 0) is 25.1 Å². The van der Waals surface area contributed by atoms with Crippen LogP contribution in [0.15, 0.2) is 36.5 Å². The Hall–Kier alpha value is -1.89. The average Bonchev–Trinajstić information content (AvgIpc) is 2.81. The van der Waals surface area contributed by atoms with Gasteiger partial charge in [-0.2, -0.15) is 5.10 Å². The minimum Gasteiger partial charge on any atom is -0.308 e. The van der Waals surface area contributed by atoms with Crippen LogP contribution in [-0.2, 0) is 4.79 Å². The summed E-state index contributed by atoms with van der Waals surface area (Å²) in [5.41, 5.74) is 0.794. The van der Waals surface area contributed by atoms with E-state index in [0.717, 1.165) is 44.8 Å². The molecule has 1 amide bonds. The molecule has 3 atom stereocenters. The highest BCUT2D eigenvalue weighted by Crippen LogP contribution is 2.21.